The van der Waals surface area contributed by atoms with Gasteiger partial charge in [-0.2, -0.15) is 0 Å². The van der Waals surface area contributed by atoms with Gasteiger partial charge in [-0.15, -0.1) is 11.8 Å². The van der Waals surface area contributed by atoms with Gasteiger partial charge in [-0.25, -0.2) is 0 Å². The second-order valence-electron chi connectivity index (χ2n) is 3.85. The minimum absolute atomic E-state index is 0.183. The van der Waals surface area contributed by atoms with Crippen molar-refractivity contribution in [1.29, 1.82) is 0 Å². The van der Waals surface area contributed by atoms with Gasteiger partial charge in [-0.05, 0) is 19.1 Å². The van der Waals surface area contributed by atoms with Crippen LogP contribution in [0.1, 0.15) is 13.3 Å². The highest BCUT2D eigenvalue weighted by molar-refractivity contribution is 8.01. The molecule has 0 spiro atoms. The molecule has 0 fully saturated rings. The molecule has 0 radical (unpaired) electrons. The first-order valence-electron chi connectivity index (χ1n) is 4.82. The fraction of sp³-hybridized carbons (Fsp3) is 0.273. The van der Waals surface area contributed by atoms with Crippen molar-refractivity contribution in [3.8, 4) is 0 Å². The summed E-state index contributed by atoms with van der Waals surface area (Å²) in [6, 6.07) is 7.38. The van der Waals surface area contributed by atoms with Gasteiger partial charge >= 0.3 is 5.97 Å². The summed E-state index contributed by atoms with van der Waals surface area (Å²) in [5.41, 5.74) is 0.750. The number of rotatable bonds is 2. The van der Waals surface area contributed by atoms with Crippen LogP contribution in [-0.2, 0) is 9.59 Å². The third-order valence-corrected chi connectivity index (χ3v) is 3.80. The van der Waals surface area contributed by atoms with Crippen LogP contribution >= 0.6 is 11.8 Å². The SMILES string of the molecule is CC1(CC(=O)O)Sc2ccccc2NC1=O. The lowest BCUT2D eigenvalue weighted by molar-refractivity contribution is -0.139. The highest BCUT2D eigenvalue weighted by atomic mass is 32.2. The molecule has 1 heterocycles. The van der Waals surface area contributed by atoms with Gasteiger partial charge in [0.2, 0.25) is 5.91 Å². The topological polar surface area (TPSA) is 66.4 Å². The summed E-state index contributed by atoms with van der Waals surface area (Å²) in [7, 11) is 0. The zero-order chi connectivity index (χ0) is 11.8. The van der Waals surface area contributed by atoms with Gasteiger partial charge in [0.25, 0.3) is 0 Å². The van der Waals surface area contributed by atoms with E-state index in [0.29, 0.717) is 0 Å². The Morgan fingerprint density at radius 3 is 2.88 bits per heavy atom. The Morgan fingerprint density at radius 1 is 1.50 bits per heavy atom. The van der Waals surface area contributed by atoms with E-state index in [2.05, 4.69) is 5.32 Å². The number of para-hydroxylation sites is 1. The van der Waals surface area contributed by atoms with Gasteiger partial charge in [0.05, 0.1) is 12.1 Å². The standard InChI is InChI=1S/C11H11NO3S/c1-11(6-9(13)14)10(15)12-7-4-2-3-5-8(7)16-11/h2-5H,6H2,1H3,(H,12,15)(H,13,14). The molecule has 1 amide bonds. The van der Waals surface area contributed by atoms with Crippen molar-refractivity contribution in [3.05, 3.63) is 24.3 Å². The van der Waals surface area contributed by atoms with Crippen molar-refractivity contribution in [3.63, 3.8) is 0 Å². The summed E-state index contributed by atoms with van der Waals surface area (Å²) in [6.07, 6.45) is -0.183. The van der Waals surface area contributed by atoms with Crippen LogP contribution in [0.15, 0.2) is 29.2 Å². The van der Waals surface area contributed by atoms with Crippen LogP contribution in [0.25, 0.3) is 0 Å². The lowest BCUT2D eigenvalue weighted by Crippen LogP contribution is -2.41. The Kier molecular flexibility index (Phi) is 2.63. The Morgan fingerprint density at radius 2 is 2.19 bits per heavy atom. The molecule has 5 heteroatoms. The van der Waals surface area contributed by atoms with Crippen molar-refractivity contribution in [1.82, 2.24) is 0 Å². The van der Waals surface area contributed by atoms with Crippen LogP contribution < -0.4 is 5.32 Å². The average molecular weight is 237 g/mol. The maximum atomic E-state index is 11.8. The van der Waals surface area contributed by atoms with Crippen LogP contribution in [0.2, 0.25) is 0 Å². The molecule has 0 saturated carbocycles. The molecule has 84 valence electrons. The Balaban J connectivity index is 2.34. The van der Waals surface area contributed by atoms with Crippen molar-refractivity contribution in [2.75, 3.05) is 5.32 Å². The number of carbonyl (C=O) groups excluding carboxylic acids is 1. The zero-order valence-corrected chi connectivity index (χ0v) is 9.50. The van der Waals surface area contributed by atoms with Crippen LogP contribution in [0.5, 0.6) is 0 Å². The molecule has 4 nitrogen and oxygen atoms in total. The molecule has 1 aliphatic rings. The third kappa shape index (κ3) is 1.90. The molecule has 0 saturated heterocycles. The number of anilines is 1. The molecule has 1 aromatic rings. The number of carbonyl (C=O) groups is 2. The molecular formula is C11H11NO3S. The molecular weight excluding hydrogens is 226 g/mol. The summed E-state index contributed by atoms with van der Waals surface area (Å²) < 4.78 is -0.930. The van der Waals surface area contributed by atoms with E-state index < -0.39 is 10.7 Å². The monoisotopic (exact) mass is 237 g/mol. The number of hydrogen-bond donors (Lipinski definition) is 2. The van der Waals surface area contributed by atoms with E-state index in [1.54, 1.807) is 13.0 Å². The number of thioether (sulfide) groups is 1. The molecule has 1 unspecified atom stereocenters. The van der Waals surface area contributed by atoms with Crippen LogP contribution in [0.3, 0.4) is 0 Å². The second-order valence-corrected chi connectivity index (χ2v) is 5.40. The molecule has 0 aliphatic carbocycles. The van der Waals surface area contributed by atoms with E-state index in [9.17, 15) is 9.59 Å². The lowest BCUT2D eigenvalue weighted by Gasteiger charge is -2.31. The van der Waals surface area contributed by atoms with Crippen LogP contribution in [0.4, 0.5) is 5.69 Å². The smallest absolute Gasteiger partial charge is 0.305 e. The number of amides is 1. The number of nitrogens with one attached hydrogen (secondary N) is 1. The average Bonchev–Trinajstić information content (AvgIpc) is 2.18. The maximum Gasteiger partial charge on any atom is 0.305 e. The van der Waals surface area contributed by atoms with E-state index >= 15 is 0 Å². The minimum atomic E-state index is -0.968. The Bertz CT molecular complexity index is 460. The largest absolute Gasteiger partial charge is 0.481 e. The highest BCUT2D eigenvalue weighted by Crippen LogP contribution is 2.43. The Labute approximate surface area is 97.0 Å². The van der Waals surface area contributed by atoms with Gasteiger partial charge in [0, 0.05) is 4.90 Å². The first kappa shape index (κ1) is 11.0. The van der Waals surface area contributed by atoms with E-state index in [1.165, 1.54) is 11.8 Å². The molecule has 0 bridgehead atoms. The normalized spacial score (nSPS) is 23.4. The van der Waals surface area contributed by atoms with Crippen LogP contribution in [0, 0.1) is 0 Å². The minimum Gasteiger partial charge on any atom is -0.481 e. The molecule has 1 atom stereocenters. The summed E-state index contributed by atoms with van der Waals surface area (Å²) in [4.78, 5) is 23.5. The summed E-state index contributed by atoms with van der Waals surface area (Å²) >= 11 is 1.30. The van der Waals surface area contributed by atoms with E-state index in [1.807, 2.05) is 18.2 Å². The van der Waals surface area contributed by atoms with Crippen molar-refractivity contribution in [2.24, 2.45) is 0 Å². The van der Waals surface area contributed by atoms with Crippen molar-refractivity contribution >= 4 is 29.3 Å². The van der Waals surface area contributed by atoms with E-state index in [4.69, 9.17) is 5.11 Å². The summed E-state index contributed by atoms with van der Waals surface area (Å²) in [5.74, 6) is -1.22. The number of hydrogen-bond acceptors (Lipinski definition) is 3. The van der Waals surface area contributed by atoms with Gasteiger partial charge in [0.1, 0.15) is 4.75 Å². The van der Waals surface area contributed by atoms with E-state index in [0.717, 1.165) is 10.6 Å². The van der Waals surface area contributed by atoms with Crippen LogP contribution in [-0.4, -0.2) is 21.7 Å². The first-order valence-corrected chi connectivity index (χ1v) is 5.64. The molecule has 0 aromatic heterocycles. The maximum absolute atomic E-state index is 11.8. The Hall–Kier alpha value is -1.49. The molecule has 16 heavy (non-hydrogen) atoms. The fourth-order valence-corrected chi connectivity index (χ4v) is 2.81. The van der Waals surface area contributed by atoms with Crippen molar-refractivity contribution in [2.45, 2.75) is 23.0 Å². The highest BCUT2D eigenvalue weighted by Gasteiger charge is 2.40. The second kappa shape index (κ2) is 3.83. The summed E-state index contributed by atoms with van der Waals surface area (Å²) in [6.45, 7) is 1.65. The number of fused-ring (bicyclic) bond motifs is 1. The zero-order valence-electron chi connectivity index (χ0n) is 8.69. The van der Waals surface area contributed by atoms with Gasteiger partial charge in [0.15, 0.2) is 0 Å². The molecule has 1 aromatic carbocycles. The summed E-state index contributed by atoms with van der Waals surface area (Å²) in [5, 5.41) is 11.5. The van der Waals surface area contributed by atoms with E-state index in [-0.39, 0.29) is 12.3 Å². The third-order valence-electron chi connectivity index (χ3n) is 2.44. The number of benzene rings is 1. The van der Waals surface area contributed by atoms with Crippen molar-refractivity contribution < 1.29 is 14.7 Å². The van der Waals surface area contributed by atoms with Gasteiger partial charge in [-0.1, -0.05) is 12.1 Å². The molecule has 1 aliphatic heterocycles. The quantitative estimate of drug-likeness (QED) is 0.825. The molecule has 2 rings (SSSR count). The van der Waals surface area contributed by atoms with Gasteiger partial charge < -0.3 is 10.4 Å². The number of carboxylic acids is 1. The number of carboxylic acid groups (broad SMARTS) is 1. The predicted octanol–water partition coefficient (Wildman–Crippen LogP) is 1.96. The fourth-order valence-electron chi connectivity index (χ4n) is 1.61. The van der Waals surface area contributed by atoms with Gasteiger partial charge in [-0.3, -0.25) is 9.59 Å². The first-order chi connectivity index (χ1) is 7.51. The lowest BCUT2D eigenvalue weighted by atomic mass is 10.1. The number of aliphatic carboxylic acids is 1. The predicted molar refractivity (Wildman–Crippen MR) is 61.6 cm³/mol. The molecule has 2 N–H and O–H groups in total.